The molecular formula is C26H31N5O5S. The van der Waals surface area contributed by atoms with Gasteiger partial charge in [-0.05, 0) is 75.4 Å². The van der Waals surface area contributed by atoms with Crippen molar-refractivity contribution in [3.8, 4) is 11.4 Å². The topological polar surface area (TPSA) is 122 Å². The Morgan fingerprint density at radius 3 is 2.32 bits per heavy atom. The predicted molar refractivity (Wildman–Crippen MR) is 143 cm³/mol. The number of amides is 2. The maximum Gasteiger partial charge on any atom is 0.255 e. The molecule has 37 heavy (non-hydrogen) atoms. The first-order valence-corrected chi connectivity index (χ1v) is 13.0. The van der Waals surface area contributed by atoms with Gasteiger partial charge >= 0.3 is 0 Å². The first-order valence-electron chi connectivity index (χ1n) is 11.6. The van der Waals surface area contributed by atoms with E-state index in [4.69, 9.17) is 4.74 Å². The van der Waals surface area contributed by atoms with Gasteiger partial charge in [-0.3, -0.25) is 9.59 Å². The van der Waals surface area contributed by atoms with Gasteiger partial charge in [0.2, 0.25) is 15.9 Å². The highest BCUT2D eigenvalue weighted by Gasteiger charge is 2.23. The van der Waals surface area contributed by atoms with E-state index in [0.717, 1.165) is 32.7 Å². The molecule has 1 aromatic heterocycles. The number of benzene rings is 2. The zero-order valence-electron chi connectivity index (χ0n) is 21.5. The molecule has 0 spiro atoms. The third-order valence-electron chi connectivity index (χ3n) is 5.52. The van der Waals surface area contributed by atoms with Crippen LogP contribution in [0.25, 0.3) is 5.69 Å². The summed E-state index contributed by atoms with van der Waals surface area (Å²) in [6.07, 6.45) is 1.53. The lowest BCUT2D eigenvalue weighted by Gasteiger charge is -2.16. The molecule has 3 rings (SSSR count). The average Bonchev–Trinajstić information content (AvgIpc) is 3.12. The number of hydrazone groups is 1. The number of nitrogens with zero attached hydrogens (tertiary/aromatic N) is 3. The molecule has 0 saturated carbocycles. The van der Waals surface area contributed by atoms with Crippen LogP contribution in [0.4, 0.5) is 5.69 Å². The summed E-state index contributed by atoms with van der Waals surface area (Å²) in [5, 5.41) is 6.59. The summed E-state index contributed by atoms with van der Waals surface area (Å²) in [5.41, 5.74) is 6.57. The normalized spacial score (nSPS) is 11.6. The van der Waals surface area contributed by atoms with Gasteiger partial charge in [0.15, 0.2) is 0 Å². The van der Waals surface area contributed by atoms with Crippen LogP contribution >= 0.6 is 0 Å². The number of carbonyl (C=O) groups is 2. The monoisotopic (exact) mass is 525 g/mol. The third kappa shape index (κ3) is 6.83. The highest BCUT2D eigenvalue weighted by Crippen LogP contribution is 2.22. The highest BCUT2D eigenvalue weighted by molar-refractivity contribution is 7.89. The Labute approximate surface area is 217 Å². The number of hydrogen-bond donors (Lipinski definition) is 2. The van der Waals surface area contributed by atoms with Crippen molar-refractivity contribution in [3.63, 3.8) is 0 Å². The third-order valence-corrected chi connectivity index (χ3v) is 7.34. The van der Waals surface area contributed by atoms with Crippen LogP contribution in [0.2, 0.25) is 0 Å². The number of rotatable bonds is 10. The lowest BCUT2D eigenvalue weighted by Crippen LogP contribution is -2.36. The summed E-state index contributed by atoms with van der Waals surface area (Å²) in [5.74, 6) is -0.0484. The van der Waals surface area contributed by atoms with Gasteiger partial charge in [-0.15, -0.1) is 0 Å². The summed E-state index contributed by atoms with van der Waals surface area (Å²) < 4.78 is 34.1. The molecule has 196 valence electrons. The minimum atomic E-state index is -3.91. The van der Waals surface area contributed by atoms with E-state index in [0.29, 0.717) is 12.3 Å². The van der Waals surface area contributed by atoms with Crippen molar-refractivity contribution in [2.24, 2.45) is 5.10 Å². The zero-order chi connectivity index (χ0) is 27.2. The lowest BCUT2D eigenvalue weighted by molar-refractivity contribution is -0.121. The van der Waals surface area contributed by atoms with Crippen molar-refractivity contribution >= 4 is 33.7 Å². The van der Waals surface area contributed by atoms with Crippen LogP contribution in [-0.2, 0) is 19.6 Å². The molecule has 0 aliphatic carbocycles. The predicted octanol–water partition coefficient (Wildman–Crippen LogP) is 3.22. The van der Waals surface area contributed by atoms with E-state index in [2.05, 4.69) is 20.4 Å². The molecule has 0 aliphatic heterocycles. The van der Waals surface area contributed by atoms with Gasteiger partial charge in [0, 0.05) is 42.3 Å². The molecular weight excluding hydrogens is 494 g/mol. The molecule has 1 heterocycles. The summed E-state index contributed by atoms with van der Waals surface area (Å²) in [4.78, 5) is 23.5. The van der Waals surface area contributed by atoms with Gasteiger partial charge in [0.25, 0.3) is 5.91 Å². The Kier molecular flexibility index (Phi) is 8.85. The van der Waals surface area contributed by atoms with Crippen molar-refractivity contribution in [1.29, 1.82) is 0 Å². The molecule has 0 unspecified atom stereocenters. The minimum Gasteiger partial charge on any atom is -0.494 e. The number of ether oxygens (including phenoxy) is 1. The maximum absolute atomic E-state index is 12.8. The van der Waals surface area contributed by atoms with E-state index in [9.17, 15) is 18.0 Å². The van der Waals surface area contributed by atoms with E-state index >= 15 is 0 Å². The van der Waals surface area contributed by atoms with Crippen molar-refractivity contribution < 1.29 is 22.7 Å². The first-order chi connectivity index (χ1) is 17.5. The van der Waals surface area contributed by atoms with Gasteiger partial charge in [-0.1, -0.05) is 0 Å². The summed E-state index contributed by atoms with van der Waals surface area (Å²) >= 11 is 0. The fourth-order valence-electron chi connectivity index (χ4n) is 3.76. The number of aromatic nitrogens is 1. The molecule has 0 saturated heterocycles. The van der Waals surface area contributed by atoms with Crippen molar-refractivity contribution in [2.75, 3.05) is 25.5 Å². The van der Waals surface area contributed by atoms with Crippen LogP contribution in [0.15, 0.2) is 64.6 Å². The molecule has 0 fully saturated rings. The van der Waals surface area contributed by atoms with Crippen molar-refractivity contribution in [1.82, 2.24) is 14.3 Å². The van der Waals surface area contributed by atoms with Crippen LogP contribution < -0.4 is 15.5 Å². The average molecular weight is 526 g/mol. The fraction of sp³-hybridized carbons (Fsp3) is 0.269. The number of anilines is 1. The van der Waals surface area contributed by atoms with Crippen LogP contribution in [0.3, 0.4) is 0 Å². The second kappa shape index (κ2) is 11.8. The van der Waals surface area contributed by atoms with Gasteiger partial charge in [-0.25, -0.2) is 13.8 Å². The summed E-state index contributed by atoms with van der Waals surface area (Å²) in [6, 6.07) is 15.4. The largest absolute Gasteiger partial charge is 0.494 e. The molecule has 0 bridgehead atoms. The number of likely N-dealkylation sites (N-methyl/N-ethyl adjacent to an activating group) is 1. The minimum absolute atomic E-state index is 0.00197. The smallest absolute Gasteiger partial charge is 0.255 e. The molecule has 2 N–H and O–H groups in total. The van der Waals surface area contributed by atoms with E-state index in [1.807, 2.05) is 51.1 Å². The highest BCUT2D eigenvalue weighted by atomic mass is 32.2. The Morgan fingerprint density at radius 1 is 1.08 bits per heavy atom. The van der Waals surface area contributed by atoms with E-state index in [1.165, 1.54) is 44.5 Å². The number of carbonyl (C=O) groups excluding carboxylic acids is 2. The molecule has 10 nitrogen and oxygen atoms in total. The van der Waals surface area contributed by atoms with Gasteiger partial charge < -0.3 is 14.6 Å². The standard InChI is InChI=1S/C26H31N5O5S/c1-6-36-24-11-9-23(10-12-24)31-18(2)15-21(19(31)3)16-27-29-26(33)17-30(5)37(34,35)25-13-7-22(8-14-25)28-20(4)32/h7-16H,6,17H2,1-5H3,(H,28,32)(H,29,33)/b27-16-. The number of hydrogen-bond acceptors (Lipinski definition) is 6. The molecule has 0 aliphatic rings. The van der Waals surface area contributed by atoms with Crippen molar-refractivity contribution in [2.45, 2.75) is 32.6 Å². The molecule has 0 radical (unpaired) electrons. The van der Waals surface area contributed by atoms with Crippen LogP contribution in [0.5, 0.6) is 5.75 Å². The molecule has 11 heteroatoms. The fourth-order valence-corrected chi connectivity index (χ4v) is 4.89. The Bertz CT molecular complexity index is 1390. The summed E-state index contributed by atoms with van der Waals surface area (Å²) in [7, 11) is -2.60. The van der Waals surface area contributed by atoms with E-state index in [-0.39, 0.29) is 10.8 Å². The van der Waals surface area contributed by atoms with Gasteiger partial charge in [0.1, 0.15) is 5.75 Å². The summed E-state index contributed by atoms with van der Waals surface area (Å²) in [6.45, 7) is 7.40. The molecule has 0 atom stereocenters. The molecule has 3 aromatic rings. The molecule has 2 aromatic carbocycles. The lowest BCUT2D eigenvalue weighted by atomic mass is 10.2. The second-order valence-corrected chi connectivity index (χ2v) is 10.4. The van der Waals surface area contributed by atoms with Gasteiger partial charge in [-0.2, -0.15) is 9.41 Å². The Hall–Kier alpha value is -3.96. The van der Waals surface area contributed by atoms with Gasteiger partial charge in [0.05, 0.1) is 24.3 Å². The Balaban J connectivity index is 1.63. The SMILES string of the molecule is CCOc1ccc(-n2c(C)cc(/C=N\NC(=O)CN(C)S(=O)(=O)c3ccc(NC(C)=O)cc3)c2C)cc1. The number of nitrogens with one attached hydrogen (secondary N) is 2. The van der Waals surface area contributed by atoms with Crippen LogP contribution in [0.1, 0.15) is 30.8 Å². The zero-order valence-corrected chi connectivity index (χ0v) is 22.3. The van der Waals surface area contributed by atoms with E-state index in [1.54, 1.807) is 0 Å². The van der Waals surface area contributed by atoms with E-state index < -0.39 is 22.5 Å². The van der Waals surface area contributed by atoms with Crippen LogP contribution in [0, 0.1) is 13.8 Å². The van der Waals surface area contributed by atoms with Crippen molar-refractivity contribution in [3.05, 3.63) is 71.5 Å². The van der Waals surface area contributed by atoms with Crippen LogP contribution in [-0.4, -0.2) is 55.5 Å². The quantitative estimate of drug-likeness (QED) is 0.311. The Morgan fingerprint density at radius 2 is 1.73 bits per heavy atom. The molecule has 2 amide bonds. The number of sulfonamides is 1. The first kappa shape index (κ1) is 27.6. The maximum atomic E-state index is 12.8. The number of aryl methyl sites for hydroxylation is 1. The second-order valence-electron chi connectivity index (χ2n) is 8.35.